The molecular weight excluding hydrogens is 374 g/mol. The van der Waals surface area contributed by atoms with E-state index in [1.807, 2.05) is 65.8 Å². The van der Waals surface area contributed by atoms with Gasteiger partial charge in [0.25, 0.3) is 5.91 Å². The molecule has 4 aromatic rings. The van der Waals surface area contributed by atoms with Crippen LogP contribution in [0, 0.1) is 20.8 Å². The summed E-state index contributed by atoms with van der Waals surface area (Å²) in [6.45, 7) is 7.38. The summed E-state index contributed by atoms with van der Waals surface area (Å²) in [5.41, 5.74) is 6.80. The third-order valence-corrected chi connectivity index (χ3v) is 4.94. The lowest BCUT2D eigenvalue weighted by Crippen LogP contribution is -2.12. The number of anilines is 1. The molecule has 1 N–H and O–H groups in total. The van der Waals surface area contributed by atoms with Crippen LogP contribution in [0.2, 0.25) is 0 Å². The largest absolute Gasteiger partial charge is 0.319 e. The summed E-state index contributed by atoms with van der Waals surface area (Å²) in [5.74, 6) is -0.152. The number of benzene rings is 2. The third kappa shape index (κ3) is 4.66. The molecular formula is C24H25N5O. The van der Waals surface area contributed by atoms with E-state index in [0.717, 1.165) is 17.0 Å². The van der Waals surface area contributed by atoms with Gasteiger partial charge < -0.3 is 5.32 Å². The molecule has 0 radical (unpaired) electrons. The molecule has 0 fully saturated rings. The van der Waals surface area contributed by atoms with Gasteiger partial charge in [-0.05, 0) is 50.1 Å². The summed E-state index contributed by atoms with van der Waals surface area (Å²) in [6.07, 6.45) is 3.52. The van der Waals surface area contributed by atoms with Gasteiger partial charge in [0.1, 0.15) is 0 Å². The molecule has 1 amide bonds. The van der Waals surface area contributed by atoms with E-state index >= 15 is 0 Å². The molecule has 2 heterocycles. The van der Waals surface area contributed by atoms with Crippen LogP contribution in [0.15, 0.2) is 67.0 Å². The van der Waals surface area contributed by atoms with Crippen molar-refractivity contribution in [3.05, 3.63) is 101 Å². The number of hydrogen-bond acceptors (Lipinski definition) is 3. The van der Waals surface area contributed by atoms with E-state index in [0.29, 0.717) is 24.3 Å². The van der Waals surface area contributed by atoms with Crippen LogP contribution in [0.4, 0.5) is 5.69 Å². The van der Waals surface area contributed by atoms with Crippen molar-refractivity contribution in [2.24, 2.45) is 0 Å². The Labute approximate surface area is 176 Å². The minimum atomic E-state index is -0.152. The van der Waals surface area contributed by atoms with E-state index in [1.165, 1.54) is 11.1 Å². The highest BCUT2D eigenvalue weighted by Crippen LogP contribution is 2.14. The summed E-state index contributed by atoms with van der Waals surface area (Å²) in [6, 6.07) is 18.0. The Kier molecular flexibility index (Phi) is 5.48. The molecule has 0 bridgehead atoms. The molecule has 6 nitrogen and oxygen atoms in total. The number of carbonyl (C=O) groups is 1. The predicted molar refractivity (Wildman–Crippen MR) is 118 cm³/mol. The van der Waals surface area contributed by atoms with Gasteiger partial charge in [0.2, 0.25) is 0 Å². The van der Waals surface area contributed by atoms with Crippen molar-refractivity contribution in [2.45, 2.75) is 33.9 Å². The van der Waals surface area contributed by atoms with Gasteiger partial charge in [-0.25, -0.2) is 0 Å². The van der Waals surface area contributed by atoms with Gasteiger partial charge in [0, 0.05) is 17.5 Å². The van der Waals surface area contributed by atoms with Gasteiger partial charge in [0.15, 0.2) is 0 Å². The summed E-state index contributed by atoms with van der Waals surface area (Å²) < 4.78 is 3.77. The highest BCUT2D eigenvalue weighted by atomic mass is 16.1. The molecule has 0 atom stereocenters. The third-order valence-electron chi connectivity index (χ3n) is 4.94. The van der Waals surface area contributed by atoms with Crippen LogP contribution in [0.3, 0.4) is 0 Å². The normalized spacial score (nSPS) is 10.9. The first-order chi connectivity index (χ1) is 14.5. The van der Waals surface area contributed by atoms with E-state index in [2.05, 4.69) is 40.6 Å². The van der Waals surface area contributed by atoms with Crippen LogP contribution in [0.25, 0.3) is 0 Å². The van der Waals surface area contributed by atoms with Crippen molar-refractivity contribution in [1.29, 1.82) is 0 Å². The standard InChI is InChI=1S/C24H25N5O/c1-17-6-4-7-20(10-17)14-28-16-23(13-25-28)26-24(30)22-9-5-8-21(12-22)15-29-19(3)11-18(2)27-29/h4-13,16H,14-15H2,1-3H3,(H,26,30). The minimum absolute atomic E-state index is 0.152. The zero-order valence-corrected chi connectivity index (χ0v) is 17.5. The van der Waals surface area contributed by atoms with Crippen LogP contribution >= 0.6 is 0 Å². The van der Waals surface area contributed by atoms with E-state index < -0.39 is 0 Å². The fourth-order valence-corrected chi connectivity index (χ4v) is 3.53. The molecule has 6 heteroatoms. The van der Waals surface area contributed by atoms with Crippen molar-refractivity contribution in [2.75, 3.05) is 5.32 Å². The van der Waals surface area contributed by atoms with Crippen molar-refractivity contribution >= 4 is 11.6 Å². The van der Waals surface area contributed by atoms with E-state index in [1.54, 1.807) is 6.20 Å². The maximum Gasteiger partial charge on any atom is 0.255 e. The fourth-order valence-electron chi connectivity index (χ4n) is 3.53. The SMILES string of the molecule is Cc1cccc(Cn2cc(NC(=O)c3cccc(Cn4nc(C)cc4C)c3)cn2)c1. The first-order valence-electron chi connectivity index (χ1n) is 9.95. The van der Waals surface area contributed by atoms with Crippen molar-refractivity contribution in [3.8, 4) is 0 Å². The summed E-state index contributed by atoms with van der Waals surface area (Å²) >= 11 is 0. The second-order valence-electron chi connectivity index (χ2n) is 7.65. The van der Waals surface area contributed by atoms with Gasteiger partial charge in [-0.3, -0.25) is 14.2 Å². The van der Waals surface area contributed by atoms with Crippen LogP contribution in [0.1, 0.15) is 38.4 Å². The Balaban J connectivity index is 1.43. The number of rotatable bonds is 6. The van der Waals surface area contributed by atoms with E-state index in [9.17, 15) is 4.79 Å². The van der Waals surface area contributed by atoms with Crippen LogP contribution in [0.5, 0.6) is 0 Å². The number of aromatic nitrogens is 4. The Morgan fingerprint density at radius 2 is 1.73 bits per heavy atom. The van der Waals surface area contributed by atoms with Crippen LogP contribution in [-0.2, 0) is 13.1 Å². The number of amides is 1. The van der Waals surface area contributed by atoms with E-state index in [-0.39, 0.29) is 5.91 Å². The van der Waals surface area contributed by atoms with Gasteiger partial charge in [0.05, 0.1) is 30.7 Å². The molecule has 0 saturated heterocycles. The topological polar surface area (TPSA) is 64.7 Å². The van der Waals surface area contributed by atoms with Crippen molar-refractivity contribution in [1.82, 2.24) is 19.6 Å². The zero-order chi connectivity index (χ0) is 21.1. The lowest BCUT2D eigenvalue weighted by Gasteiger charge is -2.07. The van der Waals surface area contributed by atoms with E-state index in [4.69, 9.17) is 0 Å². The highest BCUT2D eigenvalue weighted by Gasteiger charge is 2.10. The Morgan fingerprint density at radius 1 is 0.967 bits per heavy atom. The molecule has 0 aliphatic carbocycles. The molecule has 2 aromatic heterocycles. The molecule has 0 aliphatic rings. The summed E-state index contributed by atoms with van der Waals surface area (Å²) in [7, 11) is 0. The minimum Gasteiger partial charge on any atom is -0.319 e. The van der Waals surface area contributed by atoms with Crippen molar-refractivity contribution < 1.29 is 4.79 Å². The zero-order valence-electron chi connectivity index (χ0n) is 17.5. The monoisotopic (exact) mass is 399 g/mol. The lowest BCUT2D eigenvalue weighted by atomic mass is 10.1. The fraction of sp³-hybridized carbons (Fsp3) is 0.208. The van der Waals surface area contributed by atoms with Crippen LogP contribution < -0.4 is 5.32 Å². The number of aryl methyl sites for hydroxylation is 3. The number of hydrogen-bond donors (Lipinski definition) is 1. The Bertz CT molecular complexity index is 1190. The molecule has 0 unspecified atom stereocenters. The molecule has 30 heavy (non-hydrogen) atoms. The molecule has 4 rings (SSSR count). The molecule has 0 saturated carbocycles. The van der Waals surface area contributed by atoms with Gasteiger partial charge in [-0.1, -0.05) is 42.0 Å². The lowest BCUT2D eigenvalue weighted by molar-refractivity contribution is 0.102. The van der Waals surface area contributed by atoms with Crippen molar-refractivity contribution in [3.63, 3.8) is 0 Å². The maximum absolute atomic E-state index is 12.7. The number of nitrogens with zero attached hydrogens (tertiary/aromatic N) is 4. The Hall–Kier alpha value is -3.67. The quantitative estimate of drug-likeness (QED) is 0.524. The Morgan fingerprint density at radius 3 is 2.47 bits per heavy atom. The number of nitrogens with one attached hydrogen (secondary N) is 1. The summed E-state index contributed by atoms with van der Waals surface area (Å²) in [5, 5.41) is 11.8. The average Bonchev–Trinajstić information content (AvgIpc) is 3.27. The average molecular weight is 399 g/mol. The molecule has 0 aliphatic heterocycles. The van der Waals surface area contributed by atoms with Gasteiger partial charge in [-0.15, -0.1) is 0 Å². The maximum atomic E-state index is 12.7. The van der Waals surface area contributed by atoms with Gasteiger partial charge >= 0.3 is 0 Å². The molecule has 0 spiro atoms. The van der Waals surface area contributed by atoms with Crippen LogP contribution in [-0.4, -0.2) is 25.5 Å². The van der Waals surface area contributed by atoms with Gasteiger partial charge in [-0.2, -0.15) is 10.2 Å². The number of carbonyl (C=O) groups excluding carboxylic acids is 1. The highest BCUT2D eigenvalue weighted by molar-refractivity contribution is 6.04. The second-order valence-corrected chi connectivity index (χ2v) is 7.65. The summed E-state index contributed by atoms with van der Waals surface area (Å²) in [4.78, 5) is 12.7. The first-order valence-corrected chi connectivity index (χ1v) is 9.95. The second kappa shape index (κ2) is 8.37. The molecule has 152 valence electrons. The predicted octanol–water partition coefficient (Wildman–Crippen LogP) is 4.35. The smallest absolute Gasteiger partial charge is 0.255 e. The first kappa shape index (κ1) is 19.6. The molecule has 2 aromatic carbocycles.